The summed E-state index contributed by atoms with van der Waals surface area (Å²) in [5.41, 5.74) is 7.71. The standard InChI is InChI=1S/C29H31N3O3/c1-17-12-20(4)27(21(5)13-17)31-29(35)24-8-6-7-9-25(24)30-28(34)22-15-26(33)32(16-22)23-11-10-18(2)19(3)14-23/h6-14,22H,15-16H2,1-5H3,(H,30,34)(H,31,35). The first-order valence-corrected chi connectivity index (χ1v) is 11.8. The zero-order chi connectivity index (χ0) is 25.3. The average molecular weight is 470 g/mol. The van der Waals surface area contributed by atoms with Gasteiger partial charge in [0.1, 0.15) is 0 Å². The van der Waals surface area contributed by atoms with E-state index in [2.05, 4.69) is 10.6 Å². The molecule has 3 aromatic rings. The van der Waals surface area contributed by atoms with Crippen molar-refractivity contribution in [1.82, 2.24) is 0 Å². The lowest BCUT2D eigenvalue weighted by Crippen LogP contribution is -2.28. The quantitative estimate of drug-likeness (QED) is 0.520. The van der Waals surface area contributed by atoms with Gasteiger partial charge in [-0.3, -0.25) is 14.4 Å². The summed E-state index contributed by atoms with van der Waals surface area (Å²) < 4.78 is 0. The Hall–Kier alpha value is -3.93. The second kappa shape index (κ2) is 9.74. The molecule has 0 aromatic heterocycles. The van der Waals surface area contributed by atoms with Crippen LogP contribution in [0.3, 0.4) is 0 Å². The lowest BCUT2D eigenvalue weighted by atomic mass is 10.0. The minimum Gasteiger partial charge on any atom is -0.325 e. The van der Waals surface area contributed by atoms with E-state index in [1.54, 1.807) is 29.2 Å². The van der Waals surface area contributed by atoms with Crippen molar-refractivity contribution in [2.24, 2.45) is 5.92 Å². The fraction of sp³-hybridized carbons (Fsp3) is 0.276. The molecule has 4 rings (SSSR count). The summed E-state index contributed by atoms with van der Waals surface area (Å²) in [7, 11) is 0. The van der Waals surface area contributed by atoms with Gasteiger partial charge in [-0.15, -0.1) is 0 Å². The van der Waals surface area contributed by atoms with Crippen LogP contribution in [0.25, 0.3) is 0 Å². The minimum atomic E-state index is -0.498. The predicted molar refractivity (Wildman–Crippen MR) is 140 cm³/mol. The summed E-state index contributed by atoms with van der Waals surface area (Å²) in [4.78, 5) is 40.6. The number of nitrogens with one attached hydrogen (secondary N) is 2. The van der Waals surface area contributed by atoms with Crippen LogP contribution in [0.5, 0.6) is 0 Å². The Labute approximate surface area is 206 Å². The Morgan fingerprint density at radius 3 is 2.20 bits per heavy atom. The predicted octanol–water partition coefficient (Wildman–Crippen LogP) is 5.47. The van der Waals surface area contributed by atoms with Crippen LogP contribution in [0.15, 0.2) is 54.6 Å². The number of rotatable bonds is 5. The molecule has 3 aromatic carbocycles. The topological polar surface area (TPSA) is 78.5 Å². The molecule has 180 valence electrons. The van der Waals surface area contributed by atoms with Gasteiger partial charge >= 0.3 is 0 Å². The molecular weight excluding hydrogens is 438 g/mol. The molecule has 1 aliphatic heterocycles. The summed E-state index contributed by atoms with van der Waals surface area (Å²) in [6, 6.07) is 16.8. The Kier molecular flexibility index (Phi) is 6.74. The number of nitrogens with zero attached hydrogens (tertiary/aromatic N) is 1. The van der Waals surface area contributed by atoms with E-state index in [0.717, 1.165) is 39.2 Å². The number of anilines is 3. The molecule has 6 heteroatoms. The number of carbonyl (C=O) groups is 3. The van der Waals surface area contributed by atoms with Crippen molar-refractivity contribution in [1.29, 1.82) is 0 Å². The summed E-state index contributed by atoms with van der Waals surface area (Å²) in [6.07, 6.45) is 0.134. The van der Waals surface area contributed by atoms with Crippen molar-refractivity contribution >= 4 is 34.8 Å². The SMILES string of the molecule is Cc1cc(C)c(NC(=O)c2ccccc2NC(=O)C2CC(=O)N(c3ccc(C)c(C)c3)C2)c(C)c1. The average Bonchev–Trinajstić information content (AvgIpc) is 3.20. The van der Waals surface area contributed by atoms with Crippen LogP contribution >= 0.6 is 0 Å². The molecule has 1 heterocycles. The van der Waals surface area contributed by atoms with Crippen molar-refractivity contribution in [3.8, 4) is 0 Å². The first-order valence-electron chi connectivity index (χ1n) is 11.8. The van der Waals surface area contributed by atoms with Crippen molar-refractivity contribution < 1.29 is 14.4 Å². The van der Waals surface area contributed by atoms with Crippen LogP contribution in [-0.4, -0.2) is 24.3 Å². The Bertz CT molecular complexity index is 1310. The maximum Gasteiger partial charge on any atom is 0.257 e. The van der Waals surface area contributed by atoms with E-state index >= 15 is 0 Å². The van der Waals surface area contributed by atoms with Crippen LogP contribution < -0.4 is 15.5 Å². The molecule has 0 aliphatic carbocycles. The van der Waals surface area contributed by atoms with Gasteiger partial charge < -0.3 is 15.5 Å². The molecule has 3 amide bonds. The molecule has 0 radical (unpaired) electrons. The molecule has 6 nitrogen and oxygen atoms in total. The third-order valence-corrected chi connectivity index (χ3v) is 6.64. The highest BCUT2D eigenvalue weighted by Gasteiger charge is 2.35. The third-order valence-electron chi connectivity index (χ3n) is 6.64. The van der Waals surface area contributed by atoms with Crippen LogP contribution in [-0.2, 0) is 9.59 Å². The molecule has 35 heavy (non-hydrogen) atoms. The number of carbonyl (C=O) groups excluding carboxylic acids is 3. The zero-order valence-electron chi connectivity index (χ0n) is 20.9. The number of amides is 3. The van der Waals surface area contributed by atoms with Gasteiger partial charge in [-0.25, -0.2) is 0 Å². The molecule has 1 fully saturated rings. The number of para-hydroxylation sites is 1. The second-order valence-electron chi connectivity index (χ2n) is 9.44. The minimum absolute atomic E-state index is 0.0789. The fourth-order valence-corrected chi connectivity index (χ4v) is 4.61. The van der Waals surface area contributed by atoms with Gasteiger partial charge in [0.05, 0.1) is 17.2 Å². The lowest BCUT2D eigenvalue weighted by molar-refractivity contribution is -0.122. The first kappa shape index (κ1) is 24.2. The van der Waals surface area contributed by atoms with E-state index in [0.29, 0.717) is 17.8 Å². The third kappa shape index (κ3) is 5.11. The molecule has 1 atom stereocenters. The smallest absolute Gasteiger partial charge is 0.257 e. The van der Waals surface area contributed by atoms with E-state index in [1.807, 2.05) is 65.0 Å². The Morgan fingerprint density at radius 1 is 0.829 bits per heavy atom. The summed E-state index contributed by atoms with van der Waals surface area (Å²) >= 11 is 0. The zero-order valence-corrected chi connectivity index (χ0v) is 20.9. The number of hydrogen-bond donors (Lipinski definition) is 2. The number of benzene rings is 3. The highest BCUT2D eigenvalue weighted by atomic mass is 16.2. The van der Waals surface area contributed by atoms with Gasteiger partial charge in [-0.2, -0.15) is 0 Å². The van der Waals surface area contributed by atoms with Crippen molar-refractivity contribution in [2.75, 3.05) is 22.1 Å². The molecule has 1 saturated heterocycles. The van der Waals surface area contributed by atoms with Crippen molar-refractivity contribution in [2.45, 2.75) is 41.0 Å². The molecule has 0 spiro atoms. The largest absolute Gasteiger partial charge is 0.325 e. The maximum absolute atomic E-state index is 13.2. The van der Waals surface area contributed by atoms with Crippen LogP contribution in [0.4, 0.5) is 17.1 Å². The van der Waals surface area contributed by atoms with E-state index in [4.69, 9.17) is 0 Å². The Balaban J connectivity index is 1.50. The van der Waals surface area contributed by atoms with E-state index < -0.39 is 5.92 Å². The monoisotopic (exact) mass is 469 g/mol. The second-order valence-corrected chi connectivity index (χ2v) is 9.44. The van der Waals surface area contributed by atoms with Gasteiger partial charge in [0.2, 0.25) is 11.8 Å². The van der Waals surface area contributed by atoms with Gasteiger partial charge in [0.15, 0.2) is 0 Å². The molecule has 1 unspecified atom stereocenters. The van der Waals surface area contributed by atoms with Gasteiger partial charge in [0, 0.05) is 24.3 Å². The molecule has 0 saturated carbocycles. The van der Waals surface area contributed by atoms with Crippen molar-refractivity contribution in [3.63, 3.8) is 0 Å². The molecular formula is C29H31N3O3. The number of hydrogen-bond acceptors (Lipinski definition) is 3. The normalized spacial score (nSPS) is 15.3. The summed E-state index contributed by atoms with van der Waals surface area (Å²) in [5.74, 6) is -1.14. The van der Waals surface area contributed by atoms with E-state index in [1.165, 1.54) is 0 Å². The van der Waals surface area contributed by atoms with Gasteiger partial charge in [-0.1, -0.05) is 35.9 Å². The van der Waals surface area contributed by atoms with Crippen molar-refractivity contribution in [3.05, 3.63) is 88.0 Å². The lowest BCUT2D eigenvalue weighted by Gasteiger charge is -2.18. The molecule has 1 aliphatic rings. The summed E-state index contributed by atoms with van der Waals surface area (Å²) in [6.45, 7) is 10.3. The van der Waals surface area contributed by atoms with Crippen LogP contribution in [0.2, 0.25) is 0 Å². The maximum atomic E-state index is 13.2. The van der Waals surface area contributed by atoms with Crippen LogP contribution in [0, 0.1) is 40.5 Å². The van der Waals surface area contributed by atoms with Gasteiger partial charge in [0.25, 0.3) is 5.91 Å². The highest BCUT2D eigenvalue weighted by molar-refractivity contribution is 6.11. The number of aryl methyl sites for hydroxylation is 5. The Morgan fingerprint density at radius 2 is 1.51 bits per heavy atom. The molecule has 2 N–H and O–H groups in total. The fourth-order valence-electron chi connectivity index (χ4n) is 4.61. The first-order chi connectivity index (χ1) is 16.6. The van der Waals surface area contributed by atoms with Gasteiger partial charge in [-0.05, 0) is 81.1 Å². The van der Waals surface area contributed by atoms with E-state index in [-0.39, 0.29) is 24.1 Å². The van der Waals surface area contributed by atoms with Crippen LogP contribution in [0.1, 0.15) is 44.6 Å². The molecule has 0 bridgehead atoms. The van der Waals surface area contributed by atoms with E-state index in [9.17, 15) is 14.4 Å². The highest BCUT2D eigenvalue weighted by Crippen LogP contribution is 2.29. The summed E-state index contributed by atoms with van der Waals surface area (Å²) in [5, 5.41) is 5.89.